The molecule has 0 radical (unpaired) electrons. The van der Waals surface area contributed by atoms with Gasteiger partial charge in [0.2, 0.25) is 0 Å². The average Bonchev–Trinajstić information content (AvgIpc) is 3.44. The average molecular weight is 693 g/mol. The van der Waals surface area contributed by atoms with Crippen molar-refractivity contribution in [2.45, 2.75) is 39.7 Å². The Morgan fingerprint density at radius 2 is 1.74 bits per heavy atom. The van der Waals surface area contributed by atoms with Gasteiger partial charge in [-0.2, -0.15) is 0 Å². The molecule has 222 valence electrons. The topological polar surface area (TPSA) is 116 Å². The summed E-state index contributed by atoms with van der Waals surface area (Å²) in [4.78, 5) is 2.18. The molecule has 12 heteroatoms. The molecule has 1 aromatic heterocycles. The van der Waals surface area contributed by atoms with E-state index >= 15 is 0 Å². The Hall–Kier alpha value is -2.57. The summed E-state index contributed by atoms with van der Waals surface area (Å²) in [5.41, 5.74) is 4.35. The zero-order valence-corrected chi connectivity index (χ0v) is 27.5. The number of benzene rings is 3. The predicted molar refractivity (Wildman–Crippen MR) is 172 cm³/mol. The first-order valence-electron chi connectivity index (χ1n) is 13.6. The van der Waals surface area contributed by atoms with E-state index in [1.54, 1.807) is 11.3 Å². The third-order valence-electron chi connectivity index (χ3n) is 7.09. The van der Waals surface area contributed by atoms with Gasteiger partial charge < -0.3 is 0 Å². The van der Waals surface area contributed by atoms with Crippen molar-refractivity contribution in [3.63, 3.8) is 0 Å². The number of hydrogen-bond donors (Lipinski definition) is 2. The summed E-state index contributed by atoms with van der Waals surface area (Å²) < 4.78 is 70.0. The Morgan fingerprint density at radius 3 is 2.48 bits per heavy atom. The Kier molecular flexibility index (Phi) is 9.24. The summed E-state index contributed by atoms with van der Waals surface area (Å²) in [6, 6.07) is 18.7. The molecule has 0 bridgehead atoms. The number of allylic oxidation sites excluding steroid dienone is 2. The summed E-state index contributed by atoms with van der Waals surface area (Å²) in [7, 11) is -8.12. The van der Waals surface area contributed by atoms with Crippen LogP contribution in [0.4, 0.5) is 5.69 Å². The van der Waals surface area contributed by atoms with Gasteiger partial charge in [0, 0.05) is 0 Å². The molecule has 0 spiro atoms. The maximum atomic E-state index is 11.5. The van der Waals surface area contributed by atoms with Gasteiger partial charge in [-0.05, 0) is 0 Å². The Labute approximate surface area is 257 Å². The molecular formula is C30H33N2O6S3Se+. The zero-order valence-electron chi connectivity index (χ0n) is 23.4. The molecule has 3 aromatic carbocycles. The van der Waals surface area contributed by atoms with Crippen molar-refractivity contribution < 1.29 is 30.5 Å². The molecule has 0 aliphatic carbocycles. The van der Waals surface area contributed by atoms with Crippen LogP contribution in [0.3, 0.4) is 0 Å². The van der Waals surface area contributed by atoms with E-state index in [-0.39, 0.29) is 32.9 Å². The predicted octanol–water partition coefficient (Wildman–Crippen LogP) is 4.69. The van der Waals surface area contributed by atoms with Gasteiger partial charge in [0.25, 0.3) is 0 Å². The molecule has 4 aromatic rings. The SMILES string of the molecule is CCC(=Cc1sc2ccc3ccccc3c2[n+]1CCCS(=O)(=O)O)C=C1[Se]c2ccc(C)cc2N1CCCS(=O)(=O)O. The van der Waals surface area contributed by atoms with E-state index in [4.69, 9.17) is 0 Å². The number of anilines is 1. The van der Waals surface area contributed by atoms with Crippen molar-refractivity contribution in [3.05, 3.63) is 81.4 Å². The van der Waals surface area contributed by atoms with Crippen LogP contribution in [0.5, 0.6) is 0 Å². The van der Waals surface area contributed by atoms with Gasteiger partial charge >= 0.3 is 258 Å². The van der Waals surface area contributed by atoms with Crippen molar-refractivity contribution >= 4 is 83.7 Å². The Balaban J connectivity index is 1.56. The van der Waals surface area contributed by atoms with Crippen LogP contribution in [0.15, 0.2) is 70.8 Å². The van der Waals surface area contributed by atoms with Crippen LogP contribution in [-0.4, -0.2) is 58.9 Å². The molecule has 0 saturated heterocycles. The fourth-order valence-corrected chi connectivity index (χ4v) is 9.70. The molecule has 42 heavy (non-hydrogen) atoms. The number of aromatic nitrogens is 1. The van der Waals surface area contributed by atoms with E-state index in [1.165, 1.54) is 4.46 Å². The number of thiazole rings is 1. The number of aryl methyl sites for hydroxylation is 2. The van der Waals surface area contributed by atoms with Crippen LogP contribution in [0.2, 0.25) is 0 Å². The van der Waals surface area contributed by atoms with Gasteiger partial charge in [0.15, 0.2) is 0 Å². The summed E-state index contributed by atoms with van der Waals surface area (Å²) in [6.45, 7) is 5.04. The molecular weight excluding hydrogens is 659 g/mol. The molecule has 8 nitrogen and oxygen atoms in total. The molecule has 0 amide bonds. The second kappa shape index (κ2) is 12.6. The fourth-order valence-electron chi connectivity index (χ4n) is 5.13. The first kappa shape index (κ1) is 30.9. The van der Waals surface area contributed by atoms with Crippen LogP contribution in [0.1, 0.15) is 36.8 Å². The summed E-state index contributed by atoms with van der Waals surface area (Å²) in [6.07, 6.45) is 5.69. The van der Waals surface area contributed by atoms with E-state index < -0.39 is 20.2 Å². The fraction of sp³-hybridized carbons (Fsp3) is 0.300. The van der Waals surface area contributed by atoms with Crippen molar-refractivity contribution in [2.24, 2.45) is 0 Å². The van der Waals surface area contributed by atoms with Gasteiger partial charge in [-0.15, -0.1) is 0 Å². The van der Waals surface area contributed by atoms with Gasteiger partial charge in [-0.25, -0.2) is 0 Å². The van der Waals surface area contributed by atoms with Crippen LogP contribution >= 0.6 is 11.3 Å². The van der Waals surface area contributed by atoms with Gasteiger partial charge in [0.05, 0.1) is 0 Å². The van der Waals surface area contributed by atoms with Crippen LogP contribution in [0.25, 0.3) is 27.1 Å². The van der Waals surface area contributed by atoms with Crippen LogP contribution < -0.4 is 13.9 Å². The molecule has 0 atom stereocenters. The monoisotopic (exact) mass is 693 g/mol. The molecule has 1 aliphatic heterocycles. The van der Waals surface area contributed by atoms with Crippen LogP contribution in [0, 0.1) is 6.92 Å². The van der Waals surface area contributed by atoms with E-state index in [0.29, 0.717) is 19.5 Å². The van der Waals surface area contributed by atoms with E-state index in [0.717, 1.165) is 53.8 Å². The third-order valence-corrected chi connectivity index (χ3v) is 12.1. The normalized spacial score (nSPS) is 15.3. The van der Waals surface area contributed by atoms with E-state index in [2.05, 4.69) is 71.0 Å². The van der Waals surface area contributed by atoms with E-state index in [1.807, 2.05) is 19.1 Å². The first-order valence-corrected chi connectivity index (χ1v) is 19.4. The molecule has 2 N–H and O–H groups in total. The standard InChI is InChI=1S/C30H32N2O6S3Se/c1-3-22(20-29-31(14-6-16-40(33,34)35)25-18-21(2)10-13-27(25)42-29)19-28-32(15-7-17-41(36,37)38)30-24-9-5-4-8-23(24)11-12-26(30)39-28/h4-5,8-13,18-20H,3,6-7,14-17H2,1-2H3,(H-,33,34,35,36,37,38)/p+1. The quantitative estimate of drug-likeness (QED) is 0.133. The minimum atomic E-state index is -4.07. The number of hydrogen-bond acceptors (Lipinski definition) is 6. The summed E-state index contributed by atoms with van der Waals surface area (Å²) in [5, 5.41) is 3.17. The van der Waals surface area contributed by atoms with Crippen molar-refractivity contribution in [2.75, 3.05) is 23.0 Å². The second-order valence-electron chi connectivity index (χ2n) is 10.3. The molecule has 5 rings (SSSR count). The minimum absolute atomic E-state index is 0.0250. The molecule has 0 saturated carbocycles. The maximum absolute atomic E-state index is 11.5. The second-order valence-corrected chi connectivity index (χ2v) is 16.7. The summed E-state index contributed by atoms with van der Waals surface area (Å²) >= 11 is 1.67. The third kappa shape index (κ3) is 7.31. The van der Waals surface area contributed by atoms with Crippen molar-refractivity contribution in [1.29, 1.82) is 0 Å². The van der Waals surface area contributed by atoms with Gasteiger partial charge in [-0.1, -0.05) is 0 Å². The van der Waals surface area contributed by atoms with E-state index in [9.17, 15) is 25.9 Å². The molecule has 0 unspecified atom stereocenters. The molecule has 0 fully saturated rings. The van der Waals surface area contributed by atoms with Crippen molar-refractivity contribution in [3.8, 4) is 0 Å². The Bertz CT molecular complexity index is 1930. The number of nitrogens with zero attached hydrogens (tertiary/aromatic N) is 2. The number of rotatable bonds is 11. The van der Waals surface area contributed by atoms with Gasteiger partial charge in [0.1, 0.15) is 0 Å². The Morgan fingerprint density at radius 1 is 1.00 bits per heavy atom. The summed E-state index contributed by atoms with van der Waals surface area (Å²) in [5.74, 6) is -0.602. The first-order chi connectivity index (χ1) is 19.9. The number of fused-ring (bicyclic) bond motifs is 4. The van der Waals surface area contributed by atoms with Gasteiger partial charge in [-0.3, -0.25) is 0 Å². The molecule has 1 aliphatic rings. The van der Waals surface area contributed by atoms with Crippen LogP contribution in [-0.2, 0) is 26.8 Å². The molecule has 2 heterocycles. The van der Waals surface area contributed by atoms with Crippen molar-refractivity contribution in [1.82, 2.24) is 0 Å². The zero-order chi connectivity index (χ0) is 30.1.